The Morgan fingerprint density at radius 2 is 1.96 bits per heavy atom. The van der Waals surface area contributed by atoms with Gasteiger partial charge in [0.15, 0.2) is 0 Å². The van der Waals surface area contributed by atoms with Crippen LogP contribution in [0.1, 0.15) is 36.2 Å². The molecule has 28 heavy (non-hydrogen) atoms. The maximum Gasteiger partial charge on any atom is 0.227 e. The predicted molar refractivity (Wildman–Crippen MR) is 110 cm³/mol. The molecule has 2 aromatic heterocycles. The molecule has 8 nitrogen and oxygen atoms in total. The van der Waals surface area contributed by atoms with Crippen LogP contribution in [0.5, 0.6) is 0 Å². The van der Waals surface area contributed by atoms with E-state index in [0.29, 0.717) is 6.54 Å². The van der Waals surface area contributed by atoms with Crippen molar-refractivity contribution in [1.82, 2.24) is 24.8 Å². The first-order chi connectivity index (χ1) is 13.5. The zero-order valence-electron chi connectivity index (χ0n) is 17.1. The second kappa shape index (κ2) is 7.67. The van der Waals surface area contributed by atoms with Gasteiger partial charge in [-0.3, -0.25) is 4.90 Å². The van der Waals surface area contributed by atoms with E-state index < -0.39 is 0 Å². The average molecular weight is 386 g/mol. The van der Waals surface area contributed by atoms with Gasteiger partial charge in [0.05, 0.1) is 18.6 Å². The van der Waals surface area contributed by atoms with Gasteiger partial charge in [-0.1, -0.05) is 0 Å². The van der Waals surface area contributed by atoms with Crippen molar-refractivity contribution in [1.29, 1.82) is 0 Å². The highest BCUT2D eigenvalue weighted by Crippen LogP contribution is 2.48. The number of anilines is 2. The van der Waals surface area contributed by atoms with Crippen LogP contribution in [0.2, 0.25) is 0 Å². The van der Waals surface area contributed by atoms with Crippen molar-refractivity contribution >= 4 is 11.8 Å². The summed E-state index contributed by atoms with van der Waals surface area (Å²) in [5.41, 5.74) is 3.85. The summed E-state index contributed by atoms with van der Waals surface area (Å²) < 4.78 is 0. The lowest BCUT2D eigenvalue weighted by atomic mass is 9.76. The largest absolute Gasteiger partial charge is 0.395 e. The highest BCUT2D eigenvalue weighted by atomic mass is 16.3. The molecule has 1 saturated heterocycles. The number of piperidine rings is 1. The third-order valence-electron chi connectivity index (χ3n) is 6.29. The van der Waals surface area contributed by atoms with Gasteiger partial charge in [-0.2, -0.15) is 4.98 Å². The van der Waals surface area contributed by atoms with Gasteiger partial charge in [0.1, 0.15) is 5.82 Å². The highest BCUT2D eigenvalue weighted by molar-refractivity contribution is 5.57. The summed E-state index contributed by atoms with van der Waals surface area (Å²) in [4.78, 5) is 23.7. The molecule has 1 aliphatic heterocycles. The molecule has 1 fully saturated rings. The SMILES string of the molecule is CN(C)c1nc(N(C)CCO)c2c(n1)C1(CC2)CCN(Cc2cnc[nH]2)CC1. The molecular formula is C20H31N7O. The fourth-order valence-electron chi connectivity index (χ4n) is 4.62. The summed E-state index contributed by atoms with van der Waals surface area (Å²) in [5, 5.41) is 9.39. The summed E-state index contributed by atoms with van der Waals surface area (Å²) in [5.74, 6) is 1.75. The van der Waals surface area contributed by atoms with Crippen LogP contribution >= 0.6 is 0 Å². The van der Waals surface area contributed by atoms with E-state index in [1.54, 1.807) is 6.33 Å². The third kappa shape index (κ3) is 3.46. The molecule has 0 bridgehead atoms. The minimum Gasteiger partial charge on any atom is -0.395 e. The molecule has 2 aliphatic rings. The molecule has 2 N–H and O–H groups in total. The Kier molecular flexibility index (Phi) is 5.25. The number of imidazole rings is 1. The summed E-state index contributed by atoms with van der Waals surface area (Å²) in [6, 6.07) is 0. The number of nitrogens with one attached hydrogen (secondary N) is 1. The van der Waals surface area contributed by atoms with Gasteiger partial charge in [-0.05, 0) is 38.8 Å². The van der Waals surface area contributed by atoms with Crippen LogP contribution in [0.25, 0.3) is 0 Å². The maximum atomic E-state index is 9.39. The zero-order valence-corrected chi connectivity index (χ0v) is 17.1. The number of hydrogen-bond donors (Lipinski definition) is 2. The van der Waals surface area contributed by atoms with Crippen molar-refractivity contribution in [3.63, 3.8) is 0 Å². The number of hydrogen-bond acceptors (Lipinski definition) is 7. The number of fused-ring (bicyclic) bond motifs is 2. The molecule has 0 aromatic carbocycles. The van der Waals surface area contributed by atoms with Gasteiger partial charge in [0.25, 0.3) is 0 Å². The Morgan fingerprint density at radius 3 is 2.61 bits per heavy atom. The van der Waals surface area contributed by atoms with E-state index in [-0.39, 0.29) is 12.0 Å². The zero-order chi connectivity index (χ0) is 19.7. The number of likely N-dealkylation sites (N-methyl/N-ethyl adjacent to an activating group) is 1. The van der Waals surface area contributed by atoms with Crippen molar-refractivity contribution in [2.75, 3.05) is 57.2 Å². The second-order valence-corrected chi connectivity index (χ2v) is 8.35. The normalized spacial score (nSPS) is 18.4. The van der Waals surface area contributed by atoms with Crippen molar-refractivity contribution in [2.24, 2.45) is 0 Å². The summed E-state index contributed by atoms with van der Waals surface area (Å²) >= 11 is 0. The number of likely N-dealkylation sites (tertiary alicyclic amines) is 1. The van der Waals surface area contributed by atoms with Gasteiger partial charge in [0.2, 0.25) is 5.95 Å². The highest BCUT2D eigenvalue weighted by Gasteiger charge is 2.44. The first-order valence-corrected chi connectivity index (χ1v) is 10.1. The van der Waals surface area contributed by atoms with Crippen LogP contribution in [0.4, 0.5) is 11.8 Å². The topological polar surface area (TPSA) is 84.4 Å². The molecular weight excluding hydrogens is 354 g/mol. The Balaban J connectivity index is 1.59. The first-order valence-electron chi connectivity index (χ1n) is 10.1. The van der Waals surface area contributed by atoms with Crippen molar-refractivity contribution in [3.8, 4) is 0 Å². The lowest BCUT2D eigenvalue weighted by Crippen LogP contribution is -2.41. The van der Waals surface area contributed by atoms with Gasteiger partial charge >= 0.3 is 0 Å². The molecule has 0 radical (unpaired) electrons. The Bertz CT molecular complexity index is 797. The summed E-state index contributed by atoms with van der Waals surface area (Å²) in [7, 11) is 5.99. The summed E-state index contributed by atoms with van der Waals surface area (Å²) in [6.07, 6.45) is 8.08. The molecule has 0 saturated carbocycles. The quantitative estimate of drug-likeness (QED) is 0.772. The fraction of sp³-hybridized carbons (Fsp3) is 0.650. The fourth-order valence-corrected chi connectivity index (χ4v) is 4.62. The average Bonchev–Trinajstić information content (AvgIpc) is 3.32. The molecule has 3 heterocycles. The van der Waals surface area contributed by atoms with Crippen molar-refractivity contribution in [3.05, 3.63) is 29.5 Å². The maximum absolute atomic E-state index is 9.39. The van der Waals surface area contributed by atoms with Gasteiger partial charge in [-0.15, -0.1) is 0 Å². The molecule has 1 aliphatic carbocycles. The minimum absolute atomic E-state index is 0.125. The van der Waals surface area contributed by atoms with E-state index in [0.717, 1.165) is 57.1 Å². The number of H-pyrrole nitrogens is 1. The molecule has 2 aromatic rings. The number of aromatic nitrogens is 4. The molecule has 1 spiro atoms. The van der Waals surface area contributed by atoms with Crippen LogP contribution in [0, 0.1) is 0 Å². The van der Waals surface area contributed by atoms with E-state index in [1.165, 1.54) is 17.0 Å². The third-order valence-corrected chi connectivity index (χ3v) is 6.29. The Morgan fingerprint density at radius 1 is 1.18 bits per heavy atom. The number of rotatable bonds is 6. The van der Waals surface area contributed by atoms with E-state index in [4.69, 9.17) is 9.97 Å². The lowest BCUT2D eigenvalue weighted by Gasteiger charge is -2.39. The smallest absolute Gasteiger partial charge is 0.227 e. The Labute approximate surface area is 166 Å². The number of nitrogens with zero attached hydrogens (tertiary/aromatic N) is 6. The van der Waals surface area contributed by atoms with E-state index >= 15 is 0 Å². The minimum atomic E-state index is 0.125. The predicted octanol–water partition coefficient (Wildman–Crippen LogP) is 1.17. The van der Waals surface area contributed by atoms with Crippen LogP contribution in [-0.2, 0) is 18.4 Å². The van der Waals surface area contributed by atoms with E-state index in [1.807, 2.05) is 32.2 Å². The second-order valence-electron chi connectivity index (χ2n) is 8.35. The molecule has 0 unspecified atom stereocenters. The molecule has 8 heteroatoms. The van der Waals surface area contributed by atoms with Gasteiger partial charge in [0, 0.05) is 57.1 Å². The number of aliphatic hydroxyl groups excluding tert-OH is 1. The monoisotopic (exact) mass is 385 g/mol. The lowest BCUT2D eigenvalue weighted by molar-refractivity contribution is 0.149. The van der Waals surface area contributed by atoms with Crippen LogP contribution in [-0.4, -0.2) is 77.3 Å². The van der Waals surface area contributed by atoms with Crippen molar-refractivity contribution < 1.29 is 5.11 Å². The van der Waals surface area contributed by atoms with Crippen LogP contribution < -0.4 is 9.80 Å². The number of aromatic amines is 1. The Hall–Kier alpha value is -2.19. The number of aliphatic hydroxyl groups is 1. The van der Waals surface area contributed by atoms with E-state index in [2.05, 4.69) is 19.8 Å². The van der Waals surface area contributed by atoms with Gasteiger partial charge < -0.3 is 19.9 Å². The van der Waals surface area contributed by atoms with Crippen LogP contribution in [0.3, 0.4) is 0 Å². The van der Waals surface area contributed by atoms with Crippen LogP contribution in [0.15, 0.2) is 12.5 Å². The van der Waals surface area contributed by atoms with Gasteiger partial charge in [-0.25, -0.2) is 9.97 Å². The summed E-state index contributed by atoms with van der Waals surface area (Å²) in [6.45, 7) is 3.78. The standard InChI is InChI=1S/C20H31N7O/c1-25(2)19-23-17-16(18(24-19)26(3)10-11-28)4-5-20(17)6-8-27(9-7-20)13-15-12-21-14-22-15/h12,14,28H,4-11,13H2,1-3H3,(H,21,22). The molecule has 4 rings (SSSR count). The molecule has 0 atom stereocenters. The first kappa shape index (κ1) is 19.1. The molecule has 152 valence electrons. The van der Waals surface area contributed by atoms with E-state index in [9.17, 15) is 5.11 Å². The van der Waals surface area contributed by atoms with Crippen molar-refractivity contribution in [2.45, 2.75) is 37.6 Å². The molecule has 0 amide bonds.